The molecule has 0 heterocycles. The predicted octanol–water partition coefficient (Wildman–Crippen LogP) is 10.2. The smallest absolute Gasteiger partial charge is 0.463 e. The predicted molar refractivity (Wildman–Crippen MR) is 174 cm³/mol. The highest BCUT2D eigenvalue weighted by molar-refractivity contribution is 6.53. The van der Waals surface area contributed by atoms with E-state index in [0.29, 0.717) is 33.0 Å². The Morgan fingerprint density at radius 2 is 0.732 bits per heavy atom. The van der Waals surface area contributed by atoms with Crippen molar-refractivity contribution in [2.75, 3.05) is 33.0 Å². The van der Waals surface area contributed by atoms with E-state index in [1.807, 2.05) is 0 Å². The third kappa shape index (κ3) is 27.8. The second-order valence-electron chi connectivity index (χ2n) is 11.3. The summed E-state index contributed by atoms with van der Waals surface area (Å²) in [5.41, 5.74) is 0. The summed E-state index contributed by atoms with van der Waals surface area (Å²) in [6.07, 6.45) is 28.8. The van der Waals surface area contributed by atoms with Crippen molar-refractivity contribution in [1.29, 1.82) is 0 Å². The third-order valence-corrected chi connectivity index (χ3v) is 9.54. The number of unbranched alkanes of at least 4 members (excludes halogenated alkanes) is 19. The van der Waals surface area contributed by atoms with Gasteiger partial charge in [0, 0.05) is 32.5 Å². The minimum Gasteiger partial charge on any atom is -0.463 e. The Hall–Kier alpha value is -0.733. The molecule has 0 saturated heterocycles. The molecule has 0 fully saturated rings. The molecule has 6 nitrogen and oxygen atoms in total. The maximum atomic E-state index is 11.0. The number of carbonyl (C=O) groups excluding carboxylic acids is 1. The van der Waals surface area contributed by atoms with E-state index in [2.05, 4.69) is 27.4 Å². The molecule has 0 aromatic carbocycles. The van der Waals surface area contributed by atoms with Gasteiger partial charge in [-0.25, -0.2) is 4.79 Å². The average Bonchev–Trinajstić information content (AvgIpc) is 2.98. The minimum atomic E-state index is -3.08. The van der Waals surface area contributed by atoms with Crippen LogP contribution in [-0.4, -0.2) is 48.1 Å². The molecule has 0 unspecified atom stereocenters. The number of hydrogen-bond acceptors (Lipinski definition) is 6. The summed E-state index contributed by atoms with van der Waals surface area (Å²) >= 11 is 0. The zero-order valence-electron chi connectivity index (χ0n) is 27.5. The third-order valence-electron chi connectivity index (χ3n) is 7.31. The van der Waals surface area contributed by atoms with Gasteiger partial charge in [0.15, 0.2) is 0 Å². The number of ether oxygens (including phenoxy) is 1. The topological polar surface area (TPSA) is 63.2 Å². The molecule has 0 N–H and O–H groups in total. The van der Waals surface area contributed by atoms with Crippen molar-refractivity contribution in [3.63, 3.8) is 0 Å². The van der Waals surface area contributed by atoms with Crippen LogP contribution in [0.1, 0.15) is 168 Å². The van der Waals surface area contributed by atoms with Crippen molar-refractivity contribution in [3.8, 4) is 0 Å². The Kier molecular flexibility index (Phi) is 31.6. The maximum Gasteiger partial charge on any atom is 0.679 e. The lowest BCUT2D eigenvalue weighted by Crippen LogP contribution is -2.50. The summed E-state index contributed by atoms with van der Waals surface area (Å²) in [7, 11) is -3.08. The van der Waals surface area contributed by atoms with Gasteiger partial charge in [0.2, 0.25) is 0 Å². The van der Waals surface area contributed by atoms with Gasteiger partial charge in [-0.1, -0.05) is 143 Å². The quantitative estimate of drug-likeness (QED) is 0.0317. The van der Waals surface area contributed by atoms with E-state index >= 15 is 0 Å². The molecule has 0 atom stereocenters. The van der Waals surface area contributed by atoms with Crippen LogP contribution in [0.4, 0.5) is 0 Å². The number of esters is 1. The second kappa shape index (κ2) is 32.2. The van der Waals surface area contributed by atoms with Gasteiger partial charge in [-0.2, -0.15) is 0 Å². The van der Waals surface area contributed by atoms with Crippen molar-refractivity contribution >= 4 is 15.0 Å². The van der Waals surface area contributed by atoms with Crippen molar-refractivity contribution in [2.24, 2.45) is 0 Å². The Bertz CT molecular complexity index is 528. The Balaban J connectivity index is 4.00. The minimum absolute atomic E-state index is 0.313. The molecule has 0 aliphatic heterocycles. The summed E-state index contributed by atoms with van der Waals surface area (Å²) in [4.78, 5) is 11.0. The monoisotopic (exact) mass is 600 g/mol. The van der Waals surface area contributed by atoms with Gasteiger partial charge in [-0.05, 0) is 32.1 Å². The van der Waals surface area contributed by atoms with Crippen molar-refractivity contribution < 1.29 is 27.2 Å². The fraction of sp³-hybridized carbons (Fsp3) is 0.912. The first-order valence-electron chi connectivity index (χ1n) is 17.5. The first kappa shape index (κ1) is 40.3. The first-order valence-corrected chi connectivity index (χ1v) is 19.1. The Morgan fingerprint density at radius 3 is 1.02 bits per heavy atom. The average molecular weight is 601 g/mol. The van der Waals surface area contributed by atoms with Crippen LogP contribution in [0, 0.1) is 0 Å². The van der Waals surface area contributed by atoms with Crippen LogP contribution in [0.15, 0.2) is 12.7 Å². The summed E-state index contributed by atoms with van der Waals surface area (Å²) in [6, 6.07) is 0. The van der Waals surface area contributed by atoms with Crippen LogP contribution in [0.3, 0.4) is 0 Å². The van der Waals surface area contributed by atoms with Crippen LogP contribution in [-0.2, 0) is 27.2 Å². The maximum absolute atomic E-state index is 11.0. The number of carbonyl (C=O) groups is 1. The van der Waals surface area contributed by atoms with Gasteiger partial charge in [0.05, 0.1) is 6.61 Å². The normalized spacial score (nSPS) is 11.7. The lowest BCUT2D eigenvalue weighted by molar-refractivity contribution is -0.137. The van der Waals surface area contributed by atoms with E-state index < -0.39 is 9.05 Å². The number of rotatable bonds is 34. The van der Waals surface area contributed by atoms with Gasteiger partial charge in [-0.3, -0.25) is 0 Å². The highest BCUT2D eigenvalue weighted by Crippen LogP contribution is 2.18. The molecule has 244 valence electrons. The van der Waals surface area contributed by atoms with Crippen molar-refractivity contribution in [3.05, 3.63) is 12.7 Å². The molecule has 0 saturated carbocycles. The fourth-order valence-electron chi connectivity index (χ4n) is 4.65. The van der Waals surface area contributed by atoms with Gasteiger partial charge in [0.25, 0.3) is 0 Å². The van der Waals surface area contributed by atoms with Gasteiger partial charge < -0.3 is 22.4 Å². The van der Waals surface area contributed by atoms with Crippen LogP contribution in [0.25, 0.3) is 0 Å². The summed E-state index contributed by atoms with van der Waals surface area (Å²) in [5, 5.41) is 0. The van der Waals surface area contributed by atoms with Crippen LogP contribution in [0.2, 0.25) is 0 Å². The SMILES string of the molecule is C=CC(=O)OCCCCCCCCCCCCCCCCO[Si](OCCCCC)(OCCCCC)OCCCCC. The number of hydrogen-bond donors (Lipinski definition) is 0. The molecule has 0 amide bonds. The molecule has 0 aromatic rings. The van der Waals surface area contributed by atoms with Gasteiger partial charge in [-0.15, -0.1) is 0 Å². The largest absolute Gasteiger partial charge is 0.679 e. The molecule has 0 aliphatic rings. The lowest BCUT2D eigenvalue weighted by Gasteiger charge is -2.28. The molecule has 7 heteroatoms. The molecule has 0 aliphatic carbocycles. The lowest BCUT2D eigenvalue weighted by atomic mass is 10.0. The van der Waals surface area contributed by atoms with Crippen LogP contribution in [0.5, 0.6) is 0 Å². The van der Waals surface area contributed by atoms with E-state index in [4.69, 9.17) is 22.4 Å². The van der Waals surface area contributed by atoms with Gasteiger partial charge in [0.1, 0.15) is 0 Å². The fourth-order valence-corrected chi connectivity index (χ4v) is 6.73. The van der Waals surface area contributed by atoms with Crippen LogP contribution >= 0.6 is 0 Å². The summed E-state index contributed by atoms with van der Waals surface area (Å²) in [5.74, 6) is -0.313. The van der Waals surface area contributed by atoms with Crippen molar-refractivity contribution in [1.82, 2.24) is 0 Å². The molecular formula is C34H68O6Si. The Labute approximate surface area is 256 Å². The van der Waals surface area contributed by atoms with E-state index in [9.17, 15) is 4.79 Å². The van der Waals surface area contributed by atoms with E-state index in [1.165, 1.54) is 96.0 Å². The molecule has 0 radical (unpaired) electrons. The highest BCUT2D eigenvalue weighted by Gasteiger charge is 2.45. The highest BCUT2D eigenvalue weighted by atomic mass is 28.4. The van der Waals surface area contributed by atoms with Crippen molar-refractivity contribution in [2.45, 2.75) is 168 Å². The molecule has 0 aromatic heterocycles. The molecule has 0 rings (SSSR count). The standard InChI is InChI=1S/C34H68O6Si/c1-5-9-24-30-37-41(38-31-25-10-6-2,39-32-26-11-7-3)40-33-28-23-21-19-17-15-13-12-14-16-18-20-22-27-29-36-34(35)8-4/h8H,4-7,9-33H2,1-3H3. The zero-order chi connectivity index (χ0) is 30.1. The van der Waals surface area contributed by atoms with E-state index in [1.54, 1.807) is 0 Å². The first-order chi connectivity index (χ1) is 20.1. The second-order valence-corrected chi connectivity index (χ2v) is 13.5. The molecule has 0 spiro atoms. The molecular weight excluding hydrogens is 532 g/mol. The molecule has 41 heavy (non-hydrogen) atoms. The summed E-state index contributed by atoms with van der Waals surface area (Å²) < 4.78 is 30.2. The Morgan fingerprint density at radius 1 is 0.463 bits per heavy atom. The van der Waals surface area contributed by atoms with Crippen LogP contribution < -0.4 is 0 Å². The van der Waals surface area contributed by atoms with E-state index in [0.717, 1.165) is 57.8 Å². The van der Waals surface area contributed by atoms with E-state index in [-0.39, 0.29) is 5.97 Å². The summed E-state index contributed by atoms with van der Waals surface area (Å²) in [6.45, 7) is 13.2. The molecule has 0 bridgehead atoms. The van der Waals surface area contributed by atoms with Gasteiger partial charge >= 0.3 is 15.0 Å². The zero-order valence-corrected chi connectivity index (χ0v) is 28.5.